The molecule has 0 bridgehead atoms. The van der Waals surface area contributed by atoms with E-state index in [4.69, 9.17) is 9.84 Å². The van der Waals surface area contributed by atoms with Crippen LogP contribution >= 0.6 is 15.9 Å². The van der Waals surface area contributed by atoms with E-state index in [0.717, 1.165) is 10.0 Å². The number of unbranched alkanes of at least 4 members (excludes halogenated alkanes) is 1. The summed E-state index contributed by atoms with van der Waals surface area (Å²) in [5.74, 6) is -1.27. The van der Waals surface area contributed by atoms with E-state index < -0.39 is 18.2 Å². The van der Waals surface area contributed by atoms with Crippen LogP contribution in [0.15, 0.2) is 77.3 Å². The highest BCUT2D eigenvalue weighted by Crippen LogP contribution is 2.39. The maximum Gasteiger partial charge on any atom is 0.303 e. The third-order valence-electron chi connectivity index (χ3n) is 6.86. The molecule has 0 heterocycles. The van der Waals surface area contributed by atoms with E-state index in [0.29, 0.717) is 50.7 Å². The molecule has 1 saturated carbocycles. The van der Waals surface area contributed by atoms with Gasteiger partial charge in [0, 0.05) is 23.2 Å². The fourth-order valence-corrected chi connectivity index (χ4v) is 5.17. The Morgan fingerprint density at radius 2 is 1.86 bits per heavy atom. The molecule has 37 heavy (non-hydrogen) atoms. The van der Waals surface area contributed by atoms with Crippen molar-refractivity contribution in [2.24, 2.45) is 11.8 Å². The second kappa shape index (κ2) is 15.2. The summed E-state index contributed by atoms with van der Waals surface area (Å²) in [4.78, 5) is 10.7. The molecule has 3 rings (SSSR count). The molecule has 200 valence electrons. The van der Waals surface area contributed by atoms with Gasteiger partial charge in [-0.1, -0.05) is 76.6 Å². The molecule has 1 aliphatic rings. The Bertz CT molecular complexity index is 1060. The molecular formula is C30H36BrFO5. The van der Waals surface area contributed by atoms with Crippen LogP contribution in [-0.2, 0) is 22.6 Å². The molecule has 5 nitrogen and oxygen atoms in total. The van der Waals surface area contributed by atoms with Crippen LogP contribution in [0.5, 0.6) is 0 Å². The molecule has 0 saturated heterocycles. The number of carboxylic acid groups (broad SMARTS) is 1. The van der Waals surface area contributed by atoms with Gasteiger partial charge in [-0.25, -0.2) is 4.39 Å². The number of allylic oxidation sites excluding steroid dienone is 2. The first kappa shape index (κ1) is 29.2. The second-order valence-electron chi connectivity index (χ2n) is 9.56. The highest BCUT2D eigenvalue weighted by molar-refractivity contribution is 9.10. The normalized spacial score (nSPS) is 22.7. The topological polar surface area (TPSA) is 87.0 Å². The number of hydrogen-bond acceptors (Lipinski definition) is 4. The van der Waals surface area contributed by atoms with E-state index in [2.05, 4.69) is 15.9 Å². The van der Waals surface area contributed by atoms with Crippen molar-refractivity contribution in [2.75, 3.05) is 0 Å². The van der Waals surface area contributed by atoms with E-state index in [1.165, 1.54) is 6.07 Å². The van der Waals surface area contributed by atoms with Crippen molar-refractivity contribution in [1.29, 1.82) is 0 Å². The number of hydrogen-bond donors (Lipinski definition) is 3. The first-order valence-electron chi connectivity index (χ1n) is 12.8. The Kier molecular flexibility index (Phi) is 12.0. The summed E-state index contributed by atoms with van der Waals surface area (Å²) >= 11 is 3.55. The molecule has 0 aliphatic heterocycles. The molecule has 7 heteroatoms. The summed E-state index contributed by atoms with van der Waals surface area (Å²) in [6.07, 6.45) is 9.45. The van der Waals surface area contributed by atoms with E-state index in [9.17, 15) is 19.4 Å². The number of aryl methyl sites for hydroxylation is 1. The maximum absolute atomic E-state index is 13.9. The van der Waals surface area contributed by atoms with Gasteiger partial charge in [-0.05, 0) is 61.3 Å². The number of aliphatic hydroxyl groups is 2. The Labute approximate surface area is 226 Å². The Morgan fingerprint density at radius 1 is 1.14 bits per heavy atom. The minimum atomic E-state index is -0.802. The van der Waals surface area contributed by atoms with E-state index in [-0.39, 0.29) is 30.2 Å². The second-order valence-corrected chi connectivity index (χ2v) is 10.4. The number of halogens is 2. The molecule has 0 amide bonds. The highest BCUT2D eigenvalue weighted by atomic mass is 79.9. The van der Waals surface area contributed by atoms with E-state index in [1.807, 2.05) is 42.5 Å². The van der Waals surface area contributed by atoms with E-state index >= 15 is 0 Å². The van der Waals surface area contributed by atoms with Crippen LogP contribution < -0.4 is 0 Å². The number of benzene rings is 2. The van der Waals surface area contributed by atoms with Gasteiger partial charge in [-0.3, -0.25) is 4.79 Å². The molecule has 1 aliphatic carbocycles. The smallest absolute Gasteiger partial charge is 0.303 e. The lowest BCUT2D eigenvalue weighted by Crippen LogP contribution is -2.22. The molecule has 5 atom stereocenters. The van der Waals surface area contributed by atoms with Gasteiger partial charge in [0.15, 0.2) is 0 Å². The zero-order valence-corrected chi connectivity index (χ0v) is 22.5. The first-order chi connectivity index (χ1) is 17.8. The largest absolute Gasteiger partial charge is 0.481 e. The lowest BCUT2D eigenvalue weighted by atomic mass is 9.89. The highest BCUT2D eigenvalue weighted by Gasteiger charge is 2.41. The predicted molar refractivity (Wildman–Crippen MR) is 145 cm³/mol. The third-order valence-corrected chi connectivity index (χ3v) is 7.64. The molecule has 2 aromatic carbocycles. The Hall–Kier alpha value is -2.32. The molecule has 1 fully saturated rings. The van der Waals surface area contributed by atoms with Crippen molar-refractivity contribution in [3.63, 3.8) is 0 Å². The van der Waals surface area contributed by atoms with Crippen molar-refractivity contribution < 1.29 is 29.2 Å². The van der Waals surface area contributed by atoms with Crippen molar-refractivity contribution in [3.05, 3.63) is 94.3 Å². The molecular weight excluding hydrogens is 539 g/mol. The summed E-state index contributed by atoms with van der Waals surface area (Å²) in [5.41, 5.74) is 1.60. The summed E-state index contributed by atoms with van der Waals surface area (Å²) < 4.78 is 21.2. The van der Waals surface area contributed by atoms with Crippen LogP contribution in [0.1, 0.15) is 49.7 Å². The van der Waals surface area contributed by atoms with Crippen molar-refractivity contribution >= 4 is 21.9 Å². The lowest BCUT2D eigenvalue weighted by Gasteiger charge is -2.23. The minimum absolute atomic E-state index is 0.0880. The van der Waals surface area contributed by atoms with Gasteiger partial charge in [0.05, 0.1) is 24.9 Å². The molecule has 0 spiro atoms. The Morgan fingerprint density at radius 3 is 2.59 bits per heavy atom. The average Bonchev–Trinajstić information content (AvgIpc) is 3.17. The van der Waals surface area contributed by atoms with Crippen LogP contribution in [0, 0.1) is 17.7 Å². The van der Waals surface area contributed by atoms with E-state index in [1.54, 1.807) is 24.3 Å². The summed E-state index contributed by atoms with van der Waals surface area (Å²) in [6.45, 7) is 0.400. The van der Waals surface area contributed by atoms with Gasteiger partial charge >= 0.3 is 5.97 Å². The van der Waals surface area contributed by atoms with Crippen LogP contribution in [-0.4, -0.2) is 39.6 Å². The number of carboxylic acids is 1. The zero-order chi connectivity index (χ0) is 26.6. The molecule has 0 unspecified atom stereocenters. The van der Waals surface area contributed by atoms with Crippen LogP contribution in [0.4, 0.5) is 4.39 Å². The fourth-order valence-electron chi connectivity index (χ4n) is 4.77. The SMILES string of the molecule is O=C(O)CCC/C=C\C[C@@H]1[C@@H](/C=C/[C@@H](O)CCc2ccccc2F)[C@H](OCc2ccccc2Br)C[C@@H]1O. The lowest BCUT2D eigenvalue weighted by molar-refractivity contribution is -0.137. The van der Waals surface area contributed by atoms with Crippen LogP contribution in [0.3, 0.4) is 0 Å². The molecule has 0 aromatic heterocycles. The first-order valence-corrected chi connectivity index (χ1v) is 13.6. The number of carbonyl (C=O) groups is 1. The monoisotopic (exact) mass is 574 g/mol. The van der Waals surface area contributed by atoms with Crippen molar-refractivity contribution in [3.8, 4) is 0 Å². The third kappa shape index (κ3) is 9.49. The maximum atomic E-state index is 13.9. The quantitative estimate of drug-likeness (QED) is 0.184. The predicted octanol–water partition coefficient (Wildman–Crippen LogP) is 6.22. The summed E-state index contributed by atoms with van der Waals surface area (Å²) in [5, 5.41) is 30.2. The van der Waals surface area contributed by atoms with Crippen molar-refractivity contribution in [2.45, 2.75) is 69.9 Å². The van der Waals surface area contributed by atoms with Crippen LogP contribution in [0.2, 0.25) is 0 Å². The summed E-state index contributed by atoms with van der Waals surface area (Å²) in [7, 11) is 0. The average molecular weight is 576 g/mol. The van der Waals surface area contributed by atoms with Gasteiger partial charge in [0.2, 0.25) is 0 Å². The molecule has 3 N–H and O–H groups in total. The summed E-state index contributed by atoms with van der Waals surface area (Å²) in [6, 6.07) is 14.4. The van der Waals surface area contributed by atoms with Gasteiger partial charge in [0.1, 0.15) is 5.82 Å². The standard InChI is InChI=1S/C30H36BrFO5/c31-26-12-7-5-10-22(26)20-37-29-19-28(34)24(11-3-1-2-4-14-30(35)36)25(29)18-17-23(33)16-15-21-9-6-8-13-27(21)32/h1,3,5-10,12-13,17-18,23-25,28-29,33-34H,2,4,11,14-16,19-20H2,(H,35,36)/b3-1-,18-17+/t23-,24+,25+,28-,29+/m0/s1. The van der Waals surface area contributed by atoms with Crippen LogP contribution in [0.25, 0.3) is 0 Å². The minimum Gasteiger partial charge on any atom is -0.481 e. The fraction of sp³-hybridized carbons (Fsp3) is 0.433. The van der Waals surface area contributed by atoms with Gasteiger partial charge in [-0.15, -0.1) is 0 Å². The number of rotatable bonds is 14. The van der Waals surface area contributed by atoms with Gasteiger partial charge < -0.3 is 20.1 Å². The van der Waals surface area contributed by atoms with Gasteiger partial charge in [0.25, 0.3) is 0 Å². The molecule has 2 aromatic rings. The number of ether oxygens (including phenoxy) is 1. The van der Waals surface area contributed by atoms with Crippen molar-refractivity contribution in [1.82, 2.24) is 0 Å². The Balaban J connectivity index is 1.64. The number of aliphatic carboxylic acids is 1. The molecule has 0 radical (unpaired) electrons. The van der Waals surface area contributed by atoms with Gasteiger partial charge in [-0.2, -0.15) is 0 Å². The number of aliphatic hydroxyl groups excluding tert-OH is 2. The zero-order valence-electron chi connectivity index (χ0n) is 20.9.